The van der Waals surface area contributed by atoms with Crippen LogP contribution in [0.4, 0.5) is 5.69 Å². The lowest BCUT2D eigenvalue weighted by Crippen LogP contribution is -2.53. The van der Waals surface area contributed by atoms with Gasteiger partial charge in [0, 0.05) is 49.4 Å². The molecule has 39 heavy (non-hydrogen) atoms. The molecule has 3 fully saturated rings. The molecule has 10 nitrogen and oxygen atoms in total. The van der Waals surface area contributed by atoms with E-state index >= 15 is 0 Å². The molecule has 3 heterocycles. The van der Waals surface area contributed by atoms with Crippen molar-refractivity contribution in [3.05, 3.63) is 40.7 Å². The summed E-state index contributed by atoms with van der Waals surface area (Å²) in [6.45, 7) is 8.56. The van der Waals surface area contributed by atoms with Crippen LogP contribution < -0.4 is 16.4 Å². The molecular weight excluding hydrogens is 494 g/mol. The number of nitrogens with two attached hydrogens (primary N) is 1. The predicted molar refractivity (Wildman–Crippen MR) is 148 cm³/mol. The first-order valence-corrected chi connectivity index (χ1v) is 14.2. The standard InChI is InChI=1S/C29H39N7O3/c1-17-26-24(13-29(2,3)35(28(26)39)15-18-4-5-18)36(33-17)21-8-9-22(27(30)38)23(12-21)32-20-10-11-34(16-20)25(37)14-31-19-6-7-19/h8-9,12,18-20,31-32H,4-7,10-11,13-16H2,1-3H3,(H2,30,38)/t20-/m0/s1. The van der Waals surface area contributed by atoms with Crippen molar-refractivity contribution in [2.24, 2.45) is 11.7 Å². The number of primary amides is 1. The number of hydrogen-bond acceptors (Lipinski definition) is 6. The maximum absolute atomic E-state index is 13.6. The Morgan fingerprint density at radius 3 is 2.59 bits per heavy atom. The molecule has 0 bridgehead atoms. The highest BCUT2D eigenvalue weighted by molar-refractivity contribution is 6.00. The predicted octanol–water partition coefficient (Wildman–Crippen LogP) is 2.23. The normalized spacial score (nSPS) is 22.2. The van der Waals surface area contributed by atoms with Gasteiger partial charge in [0.05, 0.1) is 34.7 Å². The fourth-order valence-corrected chi connectivity index (χ4v) is 5.99. The van der Waals surface area contributed by atoms with Crippen molar-refractivity contribution in [1.29, 1.82) is 0 Å². The molecule has 2 saturated carbocycles. The molecule has 2 aromatic rings. The number of hydrogen-bond donors (Lipinski definition) is 3. The fraction of sp³-hybridized carbons (Fsp3) is 0.586. The van der Waals surface area contributed by atoms with Crippen LogP contribution in [0.5, 0.6) is 0 Å². The summed E-state index contributed by atoms with van der Waals surface area (Å²) in [4.78, 5) is 42.5. The zero-order chi connectivity index (χ0) is 27.5. The van der Waals surface area contributed by atoms with Crippen LogP contribution in [-0.2, 0) is 11.2 Å². The monoisotopic (exact) mass is 533 g/mol. The SMILES string of the molecule is Cc1nn(-c2ccc(C(N)=O)c(N[C@H]3CCN(C(=O)CNC4CC4)C3)c2)c2c1C(=O)N(CC1CC1)C(C)(C)C2. The number of likely N-dealkylation sites (tertiary alicyclic amines) is 1. The van der Waals surface area contributed by atoms with Crippen molar-refractivity contribution in [2.75, 3.05) is 31.5 Å². The van der Waals surface area contributed by atoms with Crippen molar-refractivity contribution in [2.45, 2.75) is 76.9 Å². The Hall–Kier alpha value is -3.40. The molecule has 6 rings (SSSR count). The van der Waals surface area contributed by atoms with Crippen LogP contribution in [0.3, 0.4) is 0 Å². The second kappa shape index (κ2) is 9.66. The molecule has 4 aliphatic rings. The number of benzene rings is 1. The van der Waals surface area contributed by atoms with Gasteiger partial charge in [-0.15, -0.1) is 0 Å². The highest BCUT2D eigenvalue weighted by Gasteiger charge is 2.43. The summed E-state index contributed by atoms with van der Waals surface area (Å²) in [5.41, 5.74) is 9.49. The van der Waals surface area contributed by atoms with Gasteiger partial charge in [0.15, 0.2) is 0 Å². The molecule has 0 spiro atoms. The van der Waals surface area contributed by atoms with Crippen LogP contribution in [0.1, 0.15) is 78.1 Å². The third kappa shape index (κ3) is 5.14. The van der Waals surface area contributed by atoms with Crippen molar-refractivity contribution < 1.29 is 14.4 Å². The number of carbonyl (C=O) groups is 3. The maximum Gasteiger partial charge on any atom is 0.258 e. The van der Waals surface area contributed by atoms with E-state index in [2.05, 4.69) is 24.5 Å². The quantitative estimate of drug-likeness (QED) is 0.454. The summed E-state index contributed by atoms with van der Waals surface area (Å²) in [5.74, 6) is 0.248. The Bertz CT molecular complexity index is 1320. The van der Waals surface area contributed by atoms with E-state index < -0.39 is 5.91 Å². The molecule has 0 unspecified atom stereocenters. The molecule has 1 atom stereocenters. The molecule has 2 aliphatic carbocycles. The van der Waals surface area contributed by atoms with E-state index in [-0.39, 0.29) is 23.4 Å². The summed E-state index contributed by atoms with van der Waals surface area (Å²) >= 11 is 0. The summed E-state index contributed by atoms with van der Waals surface area (Å²) in [7, 11) is 0. The molecule has 10 heteroatoms. The lowest BCUT2D eigenvalue weighted by atomic mass is 9.87. The number of aromatic nitrogens is 2. The minimum Gasteiger partial charge on any atom is -0.380 e. The number of nitrogens with zero attached hydrogens (tertiary/aromatic N) is 4. The van der Waals surface area contributed by atoms with Crippen molar-refractivity contribution in [3.8, 4) is 5.69 Å². The lowest BCUT2D eigenvalue weighted by molar-refractivity contribution is -0.129. The minimum absolute atomic E-state index is 0.00740. The lowest BCUT2D eigenvalue weighted by Gasteiger charge is -2.42. The molecule has 1 aromatic heterocycles. The van der Waals surface area contributed by atoms with Crippen LogP contribution >= 0.6 is 0 Å². The fourth-order valence-electron chi connectivity index (χ4n) is 5.99. The first kappa shape index (κ1) is 25.9. The third-order valence-electron chi connectivity index (χ3n) is 8.62. The Morgan fingerprint density at radius 1 is 1.13 bits per heavy atom. The molecule has 3 amide bonds. The van der Waals surface area contributed by atoms with E-state index in [0.717, 1.165) is 37.2 Å². The zero-order valence-electron chi connectivity index (χ0n) is 23.1. The maximum atomic E-state index is 13.6. The third-order valence-corrected chi connectivity index (χ3v) is 8.62. The van der Waals surface area contributed by atoms with E-state index in [9.17, 15) is 14.4 Å². The second-order valence-corrected chi connectivity index (χ2v) is 12.4. The van der Waals surface area contributed by atoms with Crippen LogP contribution in [-0.4, -0.2) is 81.1 Å². The second-order valence-electron chi connectivity index (χ2n) is 12.4. The summed E-state index contributed by atoms with van der Waals surface area (Å²) in [6, 6.07) is 5.94. The Morgan fingerprint density at radius 2 is 1.90 bits per heavy atom. The van der Waals surface area contributed by atoms with Gasteiger partial charge >= 0.3 is 0 Å². The summed E-state index contributed by atoms with van der Waals surface area (Å²) < 4.78 is 1.85. The highest BCUT2D eigenvalue weighted by Crippen LogP contribution is 2.38. The first-order chi connectivity index (χ1) is 18.6. The topological polar surface area (TPSA) is 126 Å². The van der Waals surface area contributed by atoms with Gasteiger partial charge in [-0.05, 0) is 77.0 Å². The average molecular weight is 534 g/mol. The minimum atomic E-state index is -0.519. The summed E-state index contributed by atoms with van der Waals surface area (Å²) in [6.07, 6.45) is 6.15. The molecule has 1 saturated heterocycles. The molecule has 2 aliphatic heterocycles. The number of aryl methyl sites for hydroxylation is 1. The van der Waals surface area contributed by atoms with E-state index in [0.29, 0.717) is 60.5 Å². The van der Waals surface area contributed by atoms with Gasteiger partial charge in [-0.1, -0.05) is 0 Å². The van der Waals surface area contributed by atoms with Gasteiger partial charge in [-0.3, -0.25) is 14.4 Å². The highest BCUT2D eigenvalue weighted by atomic mass is 16.2. The largest absolute Gasteiger partial charge is 0.380 e. The Kier molecular flexibility index (Phi) is 6.40. The molecular formula is C29H39N7O3. The van der Waals surface area contributed by atoms with Crippen molar-refractivity contribution in [3.63, 3.8) is 0 Å². The van der Waals surface area contributed by atoms with E-state index in [4.69, 9.17) is 10.8 Å². The number of rotatable bonds is 9. The van der Waals surface area contributed by atoms with Gasteiger partial charge in [-0.2, -0.15) is 5.10 Å². The van der Waals surface area contributed by atoms with Crippen LogP contribution in [0.15, 0.2) is 18.2 Å². The van der Waals surface area contributed by atoms with Gasteiger partial charge in [-0.25, -0.2) is 4.68 Å². The van der Waals surface area contributed by atoms with Gasteiger partial charge < -0.3 is 26.2 Å². The van der Waals surface area contributed by atoms with Crippen LogP contribution in [0.2, 0.25) is 0 Å². The van der Waals surface area contributed by atoms with Gasteiger partial charge in [0.25, 0.3) is 11.8 Å². The average Bonchev–Trinajstić information content (AvgIpc) is 3.81. The number of amides is 3. The molecule has 4 N–H and O–H groups in total. The van der Waals surface area contributed by atoms with Crippen molar-refractivity contribution >= 4 is 23.4 Å². The van der Waals surface area contributed by atoms with Crippen LogP contribution in [0, 0.1) is 12.8 Å². The van der Waals surface area contributed by atoms with Crippen LogP contribution in [0.25, 0.3) is 5.69 Å². The molecule has 0 radical (unpaired) electrons. The van der Waals surface area contributed by atoms with Gasteiger partial charge in [0.1, 0.15) is 0 Å². The number of fused-ring (bicyclic) bond motifs is 1. The molecule has 208 valence electrons. The van der Waals surface area contributed by atoms with E-state index in [1.54, 1.807) is 6.07 Å². The number of anilines is 1. The smallest absolute Gasteiger partial charge is 0.258 e. The van der Waals surface area contributed by atoms with E-state index in [1.807, 2.05) is 33.5 Å². The Labute approximate surface area is 229 Å². The first-order valence-electron chi connectivity index (χ1n) is 14.2. The zero-order valence-corrected chi connectivity index (χ0v) is 23.1. The number of carbonyl (C=O) groups excluding carboxylic acids is 3. The number of nitrogens with one attached hydrogen (secondary N) is 2. The Balaban J connectivity index is 1.25. The van der Waals surface area contributed by atoms with E-state index in [1.165, 1.54) is 12.8 Å². The van der Waals surface area contributed by atoms with Crippen molar-refractivity contribution in [1.82, 2.24) is 24.9 Å². The van der Waals surface area contributed by atoms with Gasteiger partial charge in [0.2, 0.25) is 5.91 Å². The molecule has 1 aromatic carbocycles. The summed E-state index contributed by atoms with van der Waals surface area (Å²) in [5, 5.41) is 11.6.